The van der Waals surface area contributed by atoms with Crippen molar-refractivity contribution in [2.24, 2.45) is 5.92 Å². The summed E-state index contributed by atoms with van der Waals surface area (Å²) in [7, 11) is 0. The number of amides is 2. The zero-order valence-corrected chi connectivity index (χ0v) is 12.5. The van der Waals surface area contributed by atoms with Gasteiger partial charge in [-0.05, 0) is 12.3 Å². The van der Waals surface area contributed by atoms with E-state index < -0.39 is 0 Å². The minimum absolute atomic E-state index is 0.0251. The number of hydrogen-bond acceptors (Lipinski definition) is 2. The van der Waals surface area contributed by atoms with Crippen LogP contribution in [0.1, 0.15) is 70.6 Å². The lowest BCUT2D eigenvalue weighted by Crippen LogP contribution is -2.61. The molecule has 114 valence electrons. The first-order chi connectivity index (χ1) is 9.75. The molecule has 1 saturated carbocycles. The molecule has 2 fully saturated rings. The fourth-order valence-electron chi connectivity index (χ4n) is 3.22. The Morgan fingerprint density at radius 1 is 1.10 bits per heavy atom. The van der Waals surface area contributed by atoms with E-state index in [4.69, 9.17) is 0 Å². The van der Waals surface area contributed by atoms with Crippen molar-refractivity contribution in [1.82, 2.24) is 10.6 Å². The predicted molar refractivity (Wildman–Crippen MR) is 79.2 cm³/mol. The summed E-state index contributed by atoms with van der Waals surface area (Å²) < 4.78 is 0. The summed E-state index contributed by atoms with van der Waals surface area (Å²) in [5.41, 5.74) is 0. The quantitative estimate of drug-likeness (QED) is 0.530. The molecule has 0 unspecified atom stereocenters. The van der Waals surface area contributed by atoms with Crippen LogP contribution in [-0.4, -0.2) is 24.4 Å². The summed E-state index contributed by atoms with van der Waals surface area (Å²) >= 11 is 0. The van der Waals surface area contributed by atoms with Gasteiger partial charge in [0.25, 0.3) is 0 Å². The number of β-lactam (4-membered cyclic amide) rings is 1. The number of rotatable bonds is 8. The summed E-state index contributed by atoms with van der Waals surface area (Å²) in [5, 5.41) is 5.38. The average molecular weight is 280 g/mol. The van der Waals surface area contributed by atoms with Crippen LogP contribution in [0.25, 0.3) is 0 Å². The van der Waals surface area contributed by atoms with Gasteiger partial charge in [-0.3, -0.25) is 9.59 Å². The zero-order chi connectivity index (χ0) is 14.2. The van der Waals surface area contributed by atoms with Gasteiger partial charge in [0, 0.05) is 13.0 Å². The Morgan fingerprint density at radius 2 is 1.85 bits per heavy atom. The molecule has 4 heteroatoms. The van der Waals surface area contributed by atoms with Crippen molar-refractivity contribution in [3.8, 4) is 0 Å². The minimum Gasteiger partial charge on any atom is -0.352 e. The summed E-state index contributed by atoms with van der Waals surface area (Å²) in [6, 6.07) is -0.270. The fraction of sp³-hybridized carbons (Fsp3) is 0.875. The molecule has 2 N–H and O–H groups in total. The van der Waals surface area contributed by atoms with E-state index in [0.717, 1.165) is 18.8 Å². The highest BCUT2D eigenvalue weighted by molar-refractivity contribution is 5.92. The van der Waals surface area contributed by atoms with Crippen LogP contribution in [0.4, 0.5) is 0 Å². The first-order valence-electron chi connectivity index (χ1n) is 8.33. The van der Waals surface area contributed by atoms with Crippen LogP contribution < -0.4 is 10.6 Å². The van der Waals surface area contributed by atoms with E-state index in [1.165, 1.54) is 51.4 Å². The van der Waals surface area contributed by atoms with Crippen molar-refractivity contribution in [3.05, 3.63) is 0 Å². The van der Waals surface area contributed by atoms with Gasteiger partial charge in [-0.1, -0.05) is 57.8 Å². The van der Waals surface area contributed by atoms with Crippen LogP contribution in [0, 0.1) is 5.92 Å². The van der Waals surface area contributed by atoms with Gasteiger partial charge in [0.2, 0.25) is 11.8 Å². The molecular weight excluding hydrogens is 252 g/mol. The maximum Gasteiger partial charge on any atom is 0.244 e. The third-order valence-electron chi connectivity index (χ3n) is 4.62. The van der Waals surface area contributed by atoms with Crippen molar-refractivity contribution in [1.29, 1.82) is 0 Å². The smallest absolute Gasteiger partial charge is 0.244 e. The summed E-state index contributed by atoms with van der Waals surface area (Å²) in [5.74, 6) is 0.951. The standard InChI is InChI=1S/C16H28N2O2/c19-15(18-14-12-17-16(14)20)11-7-2-1-4-8-13-9-5-3-6-10-13/h13-14H,1-12H2,(H,17,20)(H,18,19)/t14-/m0/s1. The molecule has 0 bridgehead atoms. The molecule has 0 radical (unpaired) electrons. The Balaban J connectivity index is 1.41. The number of unbranched alkanes of at least 4 members (excludes halogenated alkanes) is 3. The second-order valence-electron chi connectivity index (χ2n) is 6.32. The SMILES string of the molecule is O=C(CCCCCCC1CCCCC1)N[C@H]1CNC1=O. The first-order valence-corrected chi connectivity index (χ1v) is 8.33. The van der Waals surface area contributed by atoms with Gasteiger partial charge in [-0.15, -0.1) is 0 Å². The van der Waals surface area contributed by atoms with Crippen molar-refractivity contribution in [2.75, 3.05) is 6.54 Å². The van der Waals surface area contributed by atoms with Crippen molar-refractivity contribution < 1.29 is 9.59 Å². The van der Waals surface area contributed by atoms with Crippen molar-refractivity contribution in [3.63, 3.8) is 0 Å². The van der Waals surface area contributed by atoms with E-state index in [0.29, 0.717) is 13.0 Å². The zero-order valence-electron chi connectivity index (χ0n) is 12.5. The average Bonchev–Trinajstić information content (AvgIpc) is 2.48. The second kappa shape index (κ2) is 8.28. The third kappa shape index (κ3) is 5.14. The monoisotopic (exact) mass is 280 g/mol. The van der Waals surface area contributed by atoms with Gasteiger partial charge < -0.3 is 10.6 Å². The van der Waals surface area contributed by atoms with Crippen LogP contribution in [-0.2, 0) is 9.59 Å². The van der Waals surface area contributed by atoms with E-state index >= 15 is 0 Å². The van der Waals surface area contributed by atoms with Gasteiger partial charge in [-0.25, -0.2) is 0 Å². The van der Waals surface area contributed by atoms with E-state index in [1.54, 1.807) is 0 Å². The summed E-state index contributed by atoms with van der Waals surface area (Å²) in [4.78, 5) is 22.6. The van der Waals surface area contributed by atoms with Gasteiger partial charge in [-0.2, -0.15) is 0 Å². The molecular formula is C16H28N2O2. The molecule has 2 amide bonds. The fourth-order valence-corrected chi connectivity index (χ4v) is 3.22. The van der Waals surface area contributed by atoms with Gasteiger partial charge in [0.05, 0.1) is 0 Å². The molecule has 1 aliphatic heterocycles. The summed E-state index contributed by atoms with van der Waals surface area (Å²) in [6.45, 7) is 0.589. The van der Waals surface area contributed by atoms with E-state index in [-0.39, 0.29) is 17.9 Å². The highest BCUT2D eigenvalue weighted by Gasteiger charge is 2.28. The molecule has 20 heavy (non-hydrogen) atoms. The molecule has 1 saturated heterocycles. The maximum atomic E-state index is 11.6. The molecule has 2 rings (SSSR count). The van der Waals surface area contributed by atoms with Crippen LogP contribution in [0.3, 0.4) is 0 Å². The van der Waals surface area contributed by atoms with Crippen LogP contribution in [0.15, 0.2) is 0 Å². The Morgan fingerprint density at radius 3 is 2.50 bits per heavy atom. The minimum atomic E-state index is -0.270. The second-order valence-corrected chi connectivity index (χ2v) is 6.32. The lowest BCUT2D eigenvalue weighted by Gasteiger charge is -2.26. The highest BCUT2D eigenvalue weighted by atomic mass is 16.2. The van der Waals surface area contributed by atoms with E-state index in [9.17, 15) is 9.59 Å². The molecule has 4 nitrogen and oxygen atoms in total. The predicted octanol–water partition coefficient (Wildman–Crippen LogP) is 2.52. The largest absolute Gasteiger partial charge is 0.352 e. The number of carbonyl (C=O) groups excluding carboxylic acids is 2. The highest BCUT2D eigenvalue weighted by Crippen LogP contribution is 2.28. The molecule has 1 atom stereocenters. The van der Waals surface area contributed by atoms with E-state index in [2.05, 4.69) is 10.6 Å². The molecule has 1 heterocycles. The van der Waals surface area contributed by atoms with E-state index in [1.807, 2.05) is 0 Å². The molecule has 0 aromatic heterocycles. The Bertz CT molecular complexity index is 324. The topological polar surface area (TPSA) is 58.2 Å². The van der Waals surface area contributed by atoms with Crippen molar-refractivity contribution in [2.45, 2.75) is 76.7 Å². The number of carbonyl (C=O) groups is 2. The van der Waals surface area contributed by atoms with Gasteiger partial charge >= 0.3 is 0 Å². The third-order valence-corrected chi connectivity index (χ3v) is 4.62. The van der Waals surface area contributed by atoms with Gasteiger partial charge in [0.1, 0.15) is 6.04 Å². The molecule has 2 aliphatic rings. The molecule has 0 aromatic rings. The van der Waals surface area contributed by atoms with Crippen LogP contribution in [0.2, 0.25) is 0 Å². The van der Waals surface area contributed by atoms with Crippen LogP contribution >= 0.6 is 0 Å². The first kappa shape index (κ1) is 15.3. The Hall–Kier alpha value is -1.06. The molecule has 1 aliphatic carbocycles. The molecule has 0 spiro atoms. The number of nitrogens with one attached hydrogen (secondary N) is 2. The summed E-state index contributed by atoms with van der Waals surface area (Å²) in [6.07, 6.45) is 13.8. The number of hydrogen-bond donors (Lipinski definition) is 2. The Kier molecular flexibility index (Phi) is 6.34. The lowest BCUT2D eigenvalue weighted by molar-refractivity contribution is -0.133. The normalized spacial score (nSPS) is 23.0. The van der Waals surface area contributed by atoms with Gasteiger partial charge in [0.15, 0.2) is 0 Å². The van der Waals surface area contributed by atoms with Crippen LogP contribution in [0.5, 0.6) is 0 Å². The maximum absolute atomic E-state index is 11.6. The molecule has 0 aromatic carbocycles. The Labute approximate surface area is 122 Å². The van der Waals surface area contributed by atoms with Crippen molar-refractivity contribution >= 4 is 11.8 Å². The lowest BCUT2D eigenvalue weighted by atomic mass is 9.85.